The summed E-state index contributed by atoms with van der Waals surface area (Å²) < 4.78 is 32.5. The predicted octanol–water partition coefficient (Wildman–Crippen LogP) is 4.28. The maximum absolute atomic E-state index is 12.7. The van der Waals surface area contributed by atoms with Gasteiger partial charge in [0.15, 0.2) is 0 Å². The number of anilines is 2. The maximum atomic E-state index is 12.7. The molecule has 2 aromatic carbocycles. The van der Waals surface area contributed by atoms with Gasteiger partial charge in [-0.25, -0.2) is 17.9 Å². The van der Waals surface area contributed by atoms with Crippen LogP contribution >= 0.6 is 23.2 Å². The molecule has 3 rings (SSSR count). The second-order valence-corrected chi connectivity index (χ2v) is 9.41. The Hall–Kier alpha value is -2.33. The molecule has 1 fully saturated rings. The van der Waals surface area contributed by atoms with Gasteiger partial charge in [-0.3, -0.25) is 9.69 Å². The summed E-state index contributed by atoms with van der Waals surface area (Å²) in [6.07, 6.45) is 1.03. The second-order valence-electron chi connectivity index (χ2n) is 6.92. The smallest absolute Gasteiger partial charge is 0.413 e. The van der Waals surface area contributed by atoms with E-state index in [9.17, 15) is 18.0 Å². The molecule has 2 aromatic rings. The Morgan fingerprint density at radius 1 is 1.13 bits per heavy atom. The third-order valence-corrected chi connectivity index (χ3v) is 6.81. The van der Waals surface area contributed by atoms with E-state index < -0.39 is 22.0 Å². The van der Waals surface area contributed by atoms with Crippen LogP contribution in [-0.2, 0) is 14.8 Å². The van der Waals surface area contributed by atoms with Crippen molar-refractivity contribution >= 4 is 56.6 Å². The van der Waals surface area contributed by atoms with E-state index in [1.54, 1.807) is 38.2 Å². The number of sulfonamides is 1. The van der Waals surface area contributed by atoms with Crippen molar-refractivity contribution in [3.8, 4) is 0 Å². The number of carbonyl (C=O) groups excluding carboxylic acids is 2. The number of benzene rings is 2. The number of ether oxygens (including phenoxy) is 1. The van der Waals surface area contributed by atoms with E-state index in [0.717, 1.165) is 18.9 Å². The van der Waals surface area contributed by atoms with E-state index in [0.29, 0.717) is 11.4 Å². The third-order valence-electron chi connectivity index (χ3n) is 4.51. The zero-order chi connectivity index (χ0) is 22.8. The summed E-state index contributed by atoms with van der Waals surface area (Å²) in [5.74, 6) is -0.601. The van der Waals surface area contributed by atoms with Crippen molar-refractivity contribution < 1.29 is 22.7 Å². The molecule has 0 bridgehead atoms. The van der Waals surface area contributed by atoms with Crippen LogP contribution in [0.2, 0.25) is 10.0 Å². The molecular weight excluding hydrogens is 465 g/mol. The highest BCUT2D eigenvalue weighted by molar-refractivity contribution is 7.89. The fraction of sp³-hybridized carbons (Fsp3) is 0.300. The molecule has 1 aliphatic rings. The van der Waals surface area contributed by atoms with Gasteiger partial charge in [0.25, 0.3) is 5.91 Å². The lowest BCUT2D eigenvalue weighted by molar-refractivity contribution is 0.102. The van der Waals surface area contributed by atoms with Crippen LogP contribution in [0, 0.1) is 0 Å². The fourth-order valence-electron chi connectivity index (χ4n) is 2.69. The van der Waals surface area contributed by atoms with Gasteiger partial charge in [-0.05, 0) is 56.2 Å². The van der Waals surface area contributed by atoms with E-state index in [2.05, 4.69) is 10.0 Å². The van der Waals surface area contributed by atoms with Crippen molar-refractivity contribution in [3.05, 3.63) is 52.0 Å². The van der Waals surface area contributed by atoms with E-state index in [-0.39, 0.29) is 33.2 Å². The van der Waals surface area contributed by atoms with E-state index in [1.165, 1.54) is 11.0 Å². The highest BCUT2D eigenvalue weighted by atomic mass is 35.5. The first-order chi connectivity index (χ1) is 14.6. The van der Waals surface area contributed by atoms with Gasteiger partial charge in [0.1, 0.15) is 4.90 Å². The van der Waals surface area contributed by atoms with Crippen LogP contribution in [0.3, 0.4) is 0 Å². The molecule has 0 atom stereocenters. The summed E-state index contributed by atoms with van der Waals surface area (Å²) in [6.45, 7) is 1.97. The number of hydrogen-bond acceptors (Lipinski definition) is 5. The van der Waals surface area contributed by atoms with Crippen LogP contribution in [0.5, 0.6) is 0 Å². The lowest BCUT2D eigenvalue weighted by Crippen LogP contribution is -2.27. The monoisotopic (exact) mass is 485 g/mol. The van der Waals surface area contributed by atoms with Crippen molar-refractivity contribution in [2.45, 2.75) is 30.7 Å². The molecule has 31 heavy (non-hydrogen) atoms. The highest BCUT2D eigenvalue weighted by Crippen LogP contribution is 2.31. The number of amides is 2. The van der Waals surface area contributed by atoms with Gasteiger partial charge in [-0.15, -0.1) is 0 Å². The zero-order valence-corrected chi connectivity index (χ0v) is 19.1. The summed E-state index contributed by atoms with van der Waals surface area (Å²) in [5, 5.41) is 2.61. The molecule has 11 heteroatoms. The highest BCUT2D eigenvalue weighted by Gasteiger charge is 2.30. The molecule has 0 aromatic heterocycles. The Balaban J connectivity index is 1.78. The SMILES string of the molecule is CCOC(=O)N(C)c1ccc(NC(=O)c2cc(S(=O)(=O)NC3CC3)c(Cl)cc2Cl)cc1. The predicted molar refractivity (Wildman–Crippen MR) is 120 cm³/mol. The quantitative estimate of drug-likeness (QED) is 0.608. The lowest BCUT2D eigenvalue weighted by Gasteiger charge is -2.17. The Morgan fingerprint density at radius 2 is 1.77 bits per heavy atom. The van der Waals surface area contributed by atoms with Crippen LogP contribution in [0.25, 0.3) is 0 Å². The Bertz CT molecular complexity index is 1100. The van der Waals surface area contributed by atoms with Gasteiger partial charge >= 0.3 is 6.09 Å². The van der Waals surface area contributed by atoms with Gasteiger partial charge < -0.3 is 10.1 Å². The molecule has 0 aliphatic heterocycles. The molecule has 0 unspecified atom stereocenters. The number of hydrogen-bond donors (Lipinski definition) is 2. The average Bonchev–Trinajstić information content (AvgIpc) is 3.51. The molecule has 0 saturated heterocycles. The Morgan fingerprint density at radius 3 is 2.35 bits per heavy atom. The summed E-state index contributed by atoms with van der Waals surface area (Å²) in [6, 6.07) is 8.74. The summed E-state index contributed by atoms with van der Waals surface area (Å²) in [7, 11) is -2.31. The molecule has 8 nitrogen and oxygen atoms in total. The number of rotatable bonds is 7. The standard InChI is InChI=1S/C20H21Cl2N3O5S/c1-3-30-20(27)25(2)14-8-6-12(7-9-14)23-19(26)15-10-18(17(22)11-16(15)21)31(28,29)24-13-4-5-13/h6-11,13,24H,3-5H2,1-2H3,(H,23,26). The molecule has 0 spiro atoms. The Labute approximate surface area is 190 Å². The van der Waals surface area contributed by atoms with Gasteiger partial charge in [0, 0.05) is 24.5 Å². The fourth-order valence-corrected chi connectivity index (χ4v) is 4.85. The van der Waals surface area contributed by atoms with Crippen molar-refractivity contribution in [1.82, 2.24) is 4.72 Å². The van der Waals surface area contributed by atoms with Crippen molar-refractivity contribution in [2.75, 3.05) is 23.9 Å². The molecule has 1 saturated carbocycles. The number of carbonyl (C=O) groups is 2. The number of nitrogens with one attached hydrogen (secondary N) is 2. The third kappa shape index (κ3) is 5.68. The Kier molecular flexibility index (Phi) is 7.10. The van der Waals surface area contributed by atoms with Crippen LogP contribution < -0.4 is 14.9 Å². The normalized spacial score (nSPS) is 13.5. The average molecular weight is 486 g/mol. The number of halogens is 2. The minimum Gasteiger partial charge on any atom is -0.449 e. The largest absolute Gasteiger partial charge is 0.449 e. The van der Waals surface area contributed by atoms with Crippen LogP contribution in [0.15, 0.2) is 41.3 Å². The van der Waals surface area contributed by atoms with E-state index in [4.69, 9.17) is 27.9 Å². The van der Waals surface area contributed by atoms with Gasteiger partial charge in [0.05, 0.1) is 22.2 Å². The topological polar surface area (TPSA) is 105 Å². The first kappa shape index (κ1) is 23.3. The molecule has 2 N–H and O–H groups in total. The van der Waals surface area contributed by atoms with Gasteiger partial charge in [-0.2, -0.15) is 0 Å². The van der Waals surface area contributed by atoms with Crippen molar-refractivity contribution in [2.24, 2.45) is 0 Å². The van der Waals surface area contributed by atoms with Crippen LogP contribution in [0.4, 0.5) is 16.2 Å². The minimum atomic E-state index is -3.87. The molecule has 2 amide bonds. The van der Waals surface area contributed by atoms with Crippen molar-refractivity contribution in [3.63, 3.8) is 0 Å². The summed E-state index contributed by atoms with van der Waals surface area (Å²) >= 11 is 12.2. The molecular formula is C20H21Cl2N3O5S. The molecule has 166 valence electrons. The lowest BCUT2D eigenvalue weighted by atomic mass is 10.2. The molecule has 0 heterocycles. The zero-order valence-electron chi connectivity index (χ0n) is 16.8. The first-order valence-electron chi connectivity index (χ1n) is 9.45. The first-order valence-corrected chi connectivity index (χ1v) is 11.7. The summed E-state index contributed by atoms with van der Waals surface area (Å²) in [5.41, 5.74) is 0.966. The molecule has 0 radical (unpaired) electrons. The minimum absolute atomic E-state index is 0.0199. The van der Waals surface area contributed by atoms with Gasteiger partial charge in [0.2, 0.25) is 10.0 Å². The van der Waals surface area contributed by atoms with Crippen LogP contribution in [0.1, 0.15) is 30.1 Å². The van der Waals surface area contributed by atoms with Crippen molar-refractivity contribution in [1.29, 1.82) is 0 Å². The van der Waals surface area contributed by atoms with E-state index >= 15 is 0 Å². The second kappa shape index (κ2) is 9.44. The molecule has 1 aliphatic carbocycles. The maximum Gasteiger partial charge on any atom is 0.413 e. The number of nitrogens with zero attached hydrogens (tertiary/aromatic N) is 1. The van der Waals surface area contributed by atoms with Gasteiger partial charge in [-0.1, -0.05) is 23.2 Å². The van der Waals surface area contributed by atoms with Crippen LogP contribution in [-0.4, -0.2) is 40.1 Å². The van der Waals surface area contributed by atoms with E-state index in [1.807, 2.05) is 0 Å². The summed E-state index contributed by atoms with van der Waals surface area (Å²) in [4.78, 5) is 25.6.